The third kappa shape index (κ3) is 3.30. The fourth-order valence-corrected chi connectivity index (χ4v) is 2.62. The highest BCUT2D eigenvalue weighted by Gasteiger charge is 2.10. The van der Waals surface area contributed by atoms with Crippen molar-refractivity contribution in [2.24, 2.45) is 0 Å². The molecule has 0 saturated heterocycles. The summed E-state index contributed by atoms with van der Waals surface area (Å²) in [4.78, 5) is 11.2. The molecule has 0 aliphatic heterocycles. The average Bonchev–Trinajstić information content (AvgIpc) is 2.75. The van der Waals surface area contributed by atoms with Crippen LogP contribution in [0.4, 0.5) is 5.69 Å². The van der Waals surface area contributed by atoms with Crippen LogP contribution in [-0.2, 0) is 13.1 Å². The second kappa shape index (κ2) is 5.67. The summed E-state index contributed by atoms with van der Waals surface area (Å²) in [6, 6.07) is 0. The van der Waals surface area contributed by atoms with Crippen LogP contribution in [-0.4, -0.2) is 21.9 Å². The molecule has 2 heterocycles. The molecule has 0 saturated carbocycles. The van der Waals surface area contributed by atoms with Gasteiger partial charge in [-0.1, -0.05) is 0 Å². The Kier molecular flexibility index (Phi) is 4.17. The number of rotatable bonds is 4. The first-order chi connectivity index (χ1) is 8.97. The van der Waals surface area contributed by atoms with Crippen molar-refractivity contribution in [2.75, 3.05) is 12.8 Å². The molecule has 0 aliphatic rings. The third-order valence-corrected chi connectivity index (χ3v) is 4.02. The van der Waals surface area contributed by atoms with Gasteiger partial charge < -0.3 is 5.73 Å². The van der Waals surface area contributed by atoms with Gasteiger partial charge >= 0.3 is 0 Å². The Morgan fingerprint density at radius 1 is 1.26 bits per heavy atom. The first kappa shape index (κ1) is 14.0. The summed E-state index contributed by atoms with van der Waals surface area (Å²) in [5, 5.41) is 3.22. The van der Waals surface area contributed by atoms with E-state index in [0.29, 0.717) is 0 Å². The Bertz CT molecular complexity index is 577. The predicted molar refractivity (Wildman–Crippen MR) is 80.1 cm³/mol. The molecule has 2 aromatic heterocycles. The third-order valence-electron chi connectivity index (χ3n) is 3.19. The largest absolute Gasteiger partial charge is 0.398 e. The van der Waals surface area contributed by atoms with Gasteiger partial charge in [-0.05, 0) is 38.9 Å². The fourth-order valence-electron chi connectivity index (χ4n) is 2.02. The van der Waals surface area contributed by atoms with Gasteiger partial charge in [0.2, 0.25) is 0 Å². The van der Waals surface area contributed by atoms with Gasteiger partial charge in [-0.2, -0.15) is 0 Å². The van der Waals surface area contributed by atoms with Gasteiger partial charge in [0.25, 0.3) is 0 Å². The number of aryl methyl sites for hydroxylation is 2. The summed E-state index contributed by atoms with van der Waals surface area (Å²) >= 11 is 1.69. The van der Waals surface area contributed by atoms with Crippen molar-refractivity contribution in [1.82, 2.24) is 14.9 Å². The average molecular weight is 276 g/mol. The maximum absolute atomic E-state index is 6.05. The molecule has 0 aliphatic carbocycles. The standard InChI is InChI=1S/C14H20N4S/c1-9-5-16-13(10(2)14(9)15)7-18(4)6-12-8-19-11(3)17-12/h5,8H,6-7H2,1-4H3,(H2,15,16). The second-order valence-electron chi connectivity index (χ2n) is 4.96. The van der Waals surface area contributed by atoms with E-state index < -0.39 is 0 Å². The number of hydrogen-bond acceptors (Lipinski definition) is 5. The molecule has 0 bridgehead atoms. The van der Waals surface area contributed by atoms with Crippen molar-refractivity contribution in [1.29, 1.82) is 0 Å². The minimum atomic E-state index is 0.785. The summed E-state index contributed by atoms with van der Waals surface area (Å²) < 4.78 is 0. The normalized spacial score (nSPS) is 11.2. The zero-order valence-corrected chi connectivity index (χ0v) is 12.7. The van der Waals surface area contributed by atoms with Crippen LogP contribution in [0.5, 0.6) is 0 Å². The Morgan fingerprint density at radius 2 is 2.00 bits per heavy atom. The fraction of sp³-hybridized carbons (Fsp3) is 0.429. The van der Waals surface area contributed by atoms with Crippen LogP contribution in [0.15, 0.2) is 11.6 Å². The van der Waals surface area contributed by atoms with E-state index in [1.807, 2.05) is 27.0 Å². The lowest BCUT2D eigenvalue weighted by Gasteiger charge is -2.17. The van der Waals surface area contributed by atoms with Gasteiger partial charge in [0, 0.05) is 30.4 Å². The van der Waals surface area contributed by atoms with Crippen molar-refractivity contribution in [3.8, 4) is 0 Å². The number of nitrogen functional groups attached to an aromatic ring is 1. The van der Waals surface area contributed by atoms with E-state index in [1.54, 1.807) is 11.3 Å². The van der Waals surface area contributed by atoms with Gasteiger partial charge in [-0.15, -0.1) is 11.3 Å². The van der Waals surface area contributed by atoms with Gasteiger partial charge in [0.1, 0.15) is 0 Å². The molecule has 102 valence electrons. The highest BCUT2D eigenvalue weighted by atomic mass is 32.1. The minimum Gasteiger partial charge on any atom is -0.398 e. The maximum atomic E-state index is 6.05. The molecule has 2 aromatic rings. The molecule has 19 heavy (non-hydrogen) atoms. The van der Waals surface area contributed by atoms with E-state index in [1.165, 1.54) is 0 Å². The molecule has 2 rings (SSSR count). The Morgan fingerprint density at radius 3 is 2.63 bits per heavy atom. The maximum Gasteiger partial charge on any atom is 0.0897 e. The first-order valence-corrected chi connectivity index (χ1v) is 7.15. The van der Waals surface area contributed by atoms with Crippen molar-refractivity contribution < 1.29 is 0 Å². The van der Waals surface area contributed by atoms with Gasteiger partial charge in [-0.3, -0.25) is 9.88 Å². The number of hydrogen-bond donors (Lipinski definition) is 1. The monoisotopic (exact) mass is 276 g/mol. The topological polar surface area (TPSA) is 55.0 Å². The molecule has 0 unspecified atom stereocenters. The Balaban J connectivity index is 2.07. The number of anilines is 1. The molecular weight excluding hydrogens is 256 g/mol. The number of thiazole rings is 1. The van der Waals surface area contributed by atoms with Crippen LogP contribution in [0.1, 0.15) is 27.5 Å². The van der Waals surface area contributed by atoms with Crippen LogP contribution in [0.25, 0.3) is 0 Å². The Hall–Kier alpha value is -1.46. The van der Waals surface area contributed by atoms with Crippen molar-refractivity contribution in [3.05, 3.63) is 39.1 Å². The predicted octanol–water partition coefficient (Wildman–Crippen LogP) is 2.68. The highest BCUT2D eigenvalue weighted by Crippen LogP contribution is 2.19. The lowest BCUT2D eigenvalue weighted by Crippen LogP contribution is -2.19. The zero-order valence-electron chi connectivity index (χ0n) is 11.9. The first-order valence-electron chi connectivity index (χ1n) is 6.27. The van der Waals surface area contributed by atoms with E-state index in [2.05, 4.69) is 27.3 Å². The molecule has 0 atom stereocenters. The molecule has 2 N–H and O–H groups in total. The molecule has 0 aromatic carbocycles. The second-order valence-corrected chi connectivity index (χ2v) is 6.02. The molecule has 0 amide bonds. The smallest absolute Gasteiger partial charge is 0.0897 e. The van der Waals surface area contributed by atoms with Crippen LogP contribution in [0.2, 0.25) is 0 Å². The summed E-state index contributed by atoms with van der Waals surface area (Å²) in [6.07, 6.45) is 1.85. The zero-order chi connectivity index (χ0) is 14.0. The van der Waals surface area contributed by atoms with Gasteiger partial charge in [0.05, 0.1) is 16.4 Å². The lowest BCUT2D eigenvalue weighted by molar-refractivity contribution is 0.311. The quantitative estimate of drug-likeness (QED) is 0.933. The molecule has 0 radical (unpaired) electrons. The molecule has 0 fully saturated rings. The number of pyridine rings is 1. The lowest BCUT2D eigenvalue weighted by atomic mass is 10.1. The number of nitrogens with zero attached hydrogens (tertiary/aromatic N) is 3. The summed E-state index contributed by atoms with van der Waals surface area (Å²) in [7, 11) is 2.08. The van der Waals surface area contributed by atoms with Gasteiger partial charge in [-0.25, -0.2) is 4.98 Å². The van der Waals surface area contributed by atoms with Crippen molar-refractivity contribution in [3.63, 3.8) is 0 Å². The summed E-state index contributed by atoms with van der Waals surface area (Å²) in [5.41, 5.74) is 11.2. The van der Waals surface area contributed by atoms with Crippen molar-refractivity contribution in [2.45, 2.75) is 33.9 Å². The van der Waals surface area contributed by atoms with Gasteiger partial charge in [0.15, 0.2) is 0 Å². The van der Waals surface area contributed by atoms with E-state index in [-0.39, 0.29) is 0 Å². The van der Waals surface area contributed by atoms with Crippen LogP contribution >= 0.6 is 11.3 Å². The van der Waals surface area contributed by atoms with E-state index >= 15 is 0 Å². The summed E-state index contributed by atoms with van der Waals surface area (Å²) in [5.74, 6) is 0. The van der Waals surface area contributed by atoms with Crippen LogP contribution in [0, 0.1) is 20.8 Å². The Labute approximate surface area is 118 Å². The number of nitrogens with two attached hydrogens (primary N) is 1. The van der Waals surface area contributed by atoms with E-state index in [9.17, 15) is 0 Å². The summed E-state index contributed by atoms with van der Waals surface area (Å²) in [6.45, 7) is 7.67. The van der Waals surface area contributed by atoms with Crippen molar-refractivity contribution >= 4 is 17.0 Å². The van der Waals surface area contributed by atoms with Crippen LogP contribution < -0.4 is 5.73 Å². The minimum absolute atomic E-state index is 0.785. The molecule has 4 nitrogen and oxygen atoms in total. The van der Waals surface area contributed by atoms with E-state index in [4.69, 9.17) is 5.73 Å². The molecule has 5 heteroatoms. The number of aromatic nitrogens is 2. The van der Waals surface area contributed by atoms with E-state index in [0.717, 1.165) is 46.3 Å². The SMILES string of the molecule is Cc1nc(CN(C)Cc2ncc(C)c(N)c2C)cs1. The van der Waals surface area contributed by atoms with Crippen LogP contribution in [0.3, 0.4) is 0 Å². The molecule has 0 spiro atoms. The highest BCUT2D eigenvalue weighted by molar-refractivity contribution is 7.09. The molecular formula is C14H20N4S.